The lowest BCUT2D eigenvalue weighted by Gasteiger charge is -2.24. The summed E-state index contributed by atoms with van der Waals surface area (Å²) in [6.45, 7) is 4.24. The molecule has 0 radical (unpaired) electrons. The second-order valence-electron chi connectivity index (χ2n) is 6.23. The number of hydrogen-bond acceptors (Lipinski definition) is 3. The van der Waals surface area contributed by atoms with Crippen molar-refractivity contribution in [3.8, 4) is 5.69 Å². The van der Waals surface area contributed by atoms with E-state index in [-0.39, 0.29) is 6.61 Å². The van der Waals surface area contributed by atoms with Crippen LogP contribution in [0.25, 0.3) is 5.69 Å². The van der Waals surface area contributed by atoms with Gasteiger partial charge in [0, 0.05) is 24.8 Å². The minimum Gasteiger partial charge on any atom is -0.396 e. The summed E-state index contributed by atoms with van der Waals surface area (Å²) in [7, 11) is 0. The third-order valence-corrected chi connectivity index (χ3v) is 5.07. The third kappa shape index (κ3) is 3.60. The van der Waals surface area contributed by atoms with Crippen molar-refractivity contribution in [1.82, 2.24) is 14.7 Å². The van der Waals surface area contributed by atoms with Crippen molar-refractivity contribution in [3.05, 3.63) is 46.7 Å². The standard InChI is InChI=1S/C18H24ClN3O/c1-14-17(13-21-11-5-9-15(21)10-6-12-23)18(19)22(20-14)16-7-3-2-4-8-16/h2-4,7-8,15,23H,5-6,9-13H2,1H3. The molecule has 1 fully saturated rings. The van der Waals surface area contributed by atoms with Gasteiger partial charge >= 0.3 is 0 Å². The predicted octanol–water partition coefficient (Wildman–Crippen LogP) is 3.57. The van der Waals surface area contributed by atoms with E-state index in [2.05, 4.69) is 10.00 Å². The van der Waals surface area contributed by atoms with Crippen LogP contribution in [0.5, 0.6) is 0 Å². The second kappa shape index (κ2) is 7.47. The van der Waals surface area contributed by atoms with Gasteiger partial charge in [0.1, 0.15) is 5.15 Å². The van der Waals surface area contributed by atoms with E-state index < -0.39 is 0 Å². The first kappa shape index (κ1) is 16.5. The van der Waals surface area contributed by atoms with Crippen molar-refractivity contribution < 1.29 is 5.11 Å². The molecule has 0 amide bonds. The highest BCUT2D eigenvalue weighted by Gasteiger charge is 2.26. The Bertz CT molecular complexity index is 641. The molecule has 1 aliphatic heterocycles. The molecule has 1 N–H and O–H groups in total. The van der Waals surface area contributed by atoms with Crippen molar-refractivity contribution >= 4 is 11.6 Å². The van der Waals surface area contributed by atoms with Gasteiger partial charge in [0.15, 0.2) is 0 Å². The van der Waals surface area contributed by atoms with Gasteiger partial charge in [-0.1, -0.05) is 29.8 Å². The van der Waals surface area contributed by atoms with Crippen molar-refractivity contribution in [2.24, 2.45) is 0 Å². The van der Waals surface area contributed by atoms with E-state index in [1.54, 1.807) is 0 Å². The van der Waals surface area contributed by atoms with Gasteiger partial charge < -0.3 is 5.11 Å². The highest BCUT2D eigenvalue weighted by atomic mass is 35.5. The van der Waals surface area contributed by atoms with Crippen molar-refractivity contribution in [2.45, 2.75) is 45.2 Å². The molecule has 0 bridgehead atoms. The molecule has 4 nitrogen and oxygen atoms in total. The number of aliphatic hydroxyl groups is 1. The van der Waals surface area contributed by atoms with Crippen LogP contribution in [0.2, 0.25) is 5.15 Å². The summed E-state index contributed by atoms with van der Waals surface area (Å²) in [6, 6.07) is 10.6. The van der Waals surface area contributed by atoms with Crippen LogP contribution in [0.1, 0.15) is 36.9 Å². The predicted molar refractivity (Wildman–Crippen MR) is 93.1 cm³/mol. The molecule has 1 atom stereocenters. The highest BCUT2D eigenvalue weighted by molar-refractivity contribution is 6.30. The molecule has 124 valence electrons. The van der Waals surface area contributed by atoms with E-state index in [0.717, 1.165) is 42.9 Å². The Balaban J connectivity index is 1.79. The molecule has 2 aromatic rings. The van der Waals surface area contributed by atoms with Crippen LogP contribution in [-0.4, -0.2) is 39.0 Å². The average Bonchev–Trinajstić information content (AvgIpc) is 3.13. The number of benzene rings is 1. The van der Waals surface area contributed by atoms with Crippen LogP contribution < -0.4 is 0 Å². The Morgan fingerprint density at radius 3 is 2.83 bits per heavy atom. The molecule has 1 aromatic heterocycles. The van der Waals surface area contributed by atoms with Gasteiger partial charge in [0.25, 0.3) is 0 Å². The lowest BCUT2D eigenvalue weighted by Crippen LogP contribution is -2.29. The van der Waals surface area contributed by atoms with Gasteiger partial charge in [-0.25, -0.2) is 4.68 Å². The molecule has 0 saturated carbocycles. The maximum Gasteiger partial charge on any atom is 0.137 e. The Morgan fingerprint density at radius 2 is 2.09 bits per heavy atom. The van der Waals surface area contributed by atoms with Gasteiger partial charge in [-0.15, -0.1) is 0 Å². The molecular weight excluding hydrogens is 310 g/mol. The summed E-state index contributed by atoms with van der Waals surface area (Å²) in [5, 5.41) is 14.4. The van der Waals surface area contributed by atoms with E-state index in [9.17, 15) is 0 Å². The quantitative estimate of drug-likeness (QED) is 0.878. The smallest absolute Gasteiger partial charge is 0.137 e. The zero-order valence-corrected chi connectivity index (χ0v) is 14.3. The molecule has 0 aliphatic carbocycles. The second-order valence-corrected chi connectivity index (χ2v) is 6.59. The first-order chi connectivity index (χ1) is 11.2. The zero-order chi connectivity index (χ0) is 16.2. The molecule has 1 unspecified atom stereocenters. The Morgan fingerprint density at radius 1 is 1.30 bits per heavy atom. The number of nitrogens with zero attached hydrogens (tertiary/aromatic N) is 3. The maximum atomic E-state index is 9.07. The Kier molecular flexibility index (Phi) is 5.36. The summed E-state index contributed by atoms with van der Waals surface area (Å²) in [6.07, 6.45) is 4.36. The van der Waals surface area contributed by atoms with Crippen molar-refractivity contribution in [3.63, 3.8) is 0 Å². The average molecular weight is 334 g/mol. The number of halogens is 1. The molecule has 1 aliphatic rings. The Hall–Kier alpha value is -1.36. The topological polar surface area (TPSA) is 41.3 Å². The highest BCUT2D eigenvalue weighted by Crippen LogP contribution is 2.29. The molecule has 2 heterocycles. The van der Waals surface area contributed by atoms with Crippen LogP contribution >= 0.6 is 11.6 Å². The minimum atomic E-state index is 0.274. The van der Waals surface area contributed by atoms with Crippen LogP contribution in [0, 0.1) is 6.92 Å². The summed E-state index contributed by atoms with van der Waals surface area (Å²) in [5.41, 5.74) is 3.10. The lowest BCUT2D eigenvalue weighted by atomic mass is 10.1. The molecular formula is C18H24ClN3O. The van der Waals surface area contributed by atoms with E-state index >= 15 is 0 Å². The molecule has 5 heteroatoms. The van der Waals surface area contributed by atoms with E-state index in [4.69, 9.17) is 16.7 Å². The number of rotatable bonds is 6. The molecule has 3 rings (SSSR count). The van der Waals surface area contributed by atoms with E-state index in [1.807, 2.05) is 41.9 Å². The molecule has 23 heavy (non-hydrogen) atoms. The fourth-order valence-electron chi connectivity index (χ4n) is 3.41. The number of aromatic nitrogens is 2. The summed E-state index contributed by atoms with van der Waals surface area (Å²) in [5.74, 6) is 0. The van der Waals surface area contributed by atoms with Gasteiger partial charge in [-0.2, -0.15) is 5.10 Å². The molecule has 1 saturated heterocycles. The van der Waals surface area contributed by atoms with Gasteiger partial charge in [-0.05, 0) is 51.3 Å². The van der Waals surface area contributed by atoms with Gasteiger partial charge in [-0.3, -0.25) is 4.90 Å². The summed E-state index contributed by atoms with van der Waals surface area (Å²) < 4.78 is 1.82. The van der Waals surface area contributed by atoms with Crippen LogP contribution in [-0.2, 0) is 6.54 Å². The van der Waals surface area contributed by atoms with E-state index in [0.29, 0.717) is 11.2 Å². The van der Waals surface area contributed by atoms with Gasteiger partial charge in [0.2, 0.25) is 0 Å². The van der Waals surface area contributed by atoms with Crippen molar-refractivity contribution in [2.75, 3.05) is 13.2 Å². The van der Waals surface area contributed by atoms with Crippen LogP contribution in [0.4, 0.5) is 0 Å². The summed E-state index contributed by atoms with van der Waals surface area (Å²) in [4.78, 5) is 2.49. The largest absolute Gasteiger partial charge is 0.396 e. The SMILES string of the molecule is Cc1nn(-c2ccccc2)c(Cl)c1CN1CCCC1CCCO. The fourth-order valence-corrected chi connectivity index (χ4v) is 3.74. The first-order valence-corrected chi connectivity index (χ1v) is 8.73. The van der Waals surface area contributed by atoms with Crippen LogP contribution in [0.15, 0.2) is 30.3 Å². The van der Waals surface area contributed by atoms with E-state index in [1.165, 1.54) is 12.8 Å². The monoisotopic (exact) mass is 333 g/mol. The van der Waals surface area contributed by atoms with Gasteiger partial charge in [0.05, 0.1) is 11.4 Å². The zero-order valence-electron chi connectivity index (χ0n) is 13.6. The number of aryl methyl sites for hydroxylation is 1. The molecule has 0 spiro atoms. The number of likely N-dealkylation sites (tertiary alicyclic amines) is 1. The Labute approximate surface area is 142 Å². The summed E-state index contributed by atoms with van der Waals surface area (Å²) >= 11 is 6.63. The number of hydrogen-bond donors (Lipinski definition) is 1. The normalized spacial score (nSPS) is 18.7. The first-order valence-electron chi connectivity index (χ1n) is 8.35. The maximum absolute atomic E-state index is 9.07. The minimum absolute atomic E-state index is 0.274. The van der Waals surface area contributed by atoms with Crippen LogP contribution in [0.3, 0.4) is 0 Å². The lowest BCUT2D eigenvalue weighted by molar-refractivity contribution is 0.210. The molecule has 1 aromatic carbocycles. The number of aliphatic hydroxyl groups excluding tert-OH is 1. The number of para-hydroxylation sites is 1. The fraction of sp³-hybridized carbons (Fsp3) is 0.500. The third-order valence-electron chi connectivity index (χ3n) is 4.68. The van der Waals surface area contributed by atoms with Crippen molar-refractivity contribution in [1.29, 1.82) is 0 Å².